The minimum Gasteiger partial charge on any atom is -0.524 e. The van der Waals surface area contributed by atoms with E-state index in [1.54, 1.807) is 14.2 Å². The molecule has 0 saturated carbocycles. The standard InChI is InChI=1S/C22H30BO4/c1-21(2,3)15-9-11-17(24-7)19(13-15)26-23-27-20-14-16(22(4,5)6)10-12-18(20)25-8/h9-14H,1-8H3. The SMILES string of the molecule is COc1ccc(C(C)(C)C)cc1O[B]Oc1cc(C(C)(C)C)ccc1OC. The van der Waals surface area contributed by atoms with Crippen LogP contribution in [0.4, 0.5) is 0 Å². The van der Waals surface area contributed by atoms with Crippen molar-refractivity contribution in [2.45, 2.75) is 52.4 Å². The molecule has 0 spiro atoms. The molecule has 1 radical (unpaired) electrons. The highest BCUT2D eigenvalue weighted by Gasteiger charge is 2.19. The van der Waals surface area contributed by atoms with Crippen molar-refractivity contribution in [1.82, 2.24) is 0 Å². The third-order valence-corrected chi connectivity index (χ3v) is 4.41. The van der Waals surface area contributed by atoms with Gasteiger partial charge in [-0.15, -0.1) is 0 Å². The normalized spacial score (nSPS) is 11.7. The van der Waals surface area contributed by atoms with Crippen molar-refractivity contribution in [2.24, 2.45) is 0 Å². The predicted octanol–water partition coefficient (Wildman–Crippen LogP) is 5.29. The van der Waals surface area contributed by atoms with Crippen molar-refractivity contribution in [3.05, 3.63) is 47.5 Å². The lowest BCUT2D eigenvalue weighted by atomic mass is 9.87. The van der Waals surface area contributed by atoms with Crippen LogP contribution in [0.3, 0.4) is 0 Å². The molecular weight excluding hydrogens is 339 g/mol. The maximum atomic E-state index is 5.77. The Morgan fingerprint density at radius 3 is 1.26 bits per heavy atom. The lowest BCUT2D eigenvalue weighted by Crippen LogP contribution is -2.16. The smallest absolute Gasteiger partial charge is 0.524 e. The molecule has 0 saturated heterocycles. The van der Waals surface area contributed by atoms with E-state index in [-0.39, 0.29) is 10.8 Å². The molecule has 145 valence electrons. The number of hydrogen-bond donors (Lipinski definition) is 0. The minimum atomic E-state index is 0.00942. The van der Waals surface area contributed by atoms with Gasteiger partial charge in [0.05, 0.1) is 14.2 Å². The summed E-state index contributed by atoms with van der Waals surface area (Å²) in [6.07, 6.45) is 0. The molecule has 0 aliphatic rings. The molecule has 2 rings (SSSR count). The van der Waals surface area contributed by atoms with Crippen molar-refractivity contribution in [2.75, 3.05) is 14.2 Å². The van der Waals surface area contributed by atoms with Crippen LogP contribution in [0.5, 0.6) is 23.0 Å². The van der Waals surface area contributed by atoms with Crippen LogP contribution < -0.4 is 18.8 Å². The van der Waals surface area contributed by atoms with Gasteiger partial charge in [-0.05, 0) is 46.2 Å². The van der Waals surface area contributed by atoms with Crippen LogP contribution >= 0.6 is 0 Å². The zero-order chi connectivity index (χ0) is 20.2. The Morgan fingerprint density at radius 2 is 0.963 bits per heavy atom. The molecule has 0 unspecified atom stereocenters. The first-order valence-corrected chi connectivity index (χ1v) is 9.08. The average Bonchev–Trinajstić information content (AvgIpc) is 2.60. The van der Waals surface area contributed by atoms with Gasteiger partial charge in [0, 0.05) is 0 Å². The minimum absolute atomic E-state index is 0.00942. The Morgan fingerprint density at radius 1 is 0.593 bits per heavy atom. The van der Waals surface area contributed by atoms with Gasteiger partial charge < -0.3 is 18.8 Å². The number of methoxy groups -OCH3 is 2. The first kappa shape index (κ1) is 21.0. The van der Waals surface area contributed by atoms with Gasteiger partial charge in [-0.2, -0.15) is 0 Å². The average molecular weight is 369 g/mol. The van der Waals surface area contributed by atoms with E-state index in [1.807, 2.05) is 36.4 Å². The van der Waals surface area contributed by atoms with E-state index in [0.717, 1.165) is 11.1 Å². The highest BCUT2D eigenvalue weighted by molar-refractivity contribution is 6.21. The molecule has 0 aromatic heterocycles. The van der Waals surface area contributed by atoms with Crippen molar-refractivity contribution in [3.63, 3.8) is 0 Å². The number of benzene rings is 2. The zero-order valence-corrected chi connectivity index (χ0v) is 17.7. The molecule has 2 aromatic carbocycles. The maximum Gasteiger partial charge on any atom is 0.658 e. The van der Waals surface area contributed by atoms with Gasteiger partial charge in [0.2, 0.25) is 0 Å². The molecular formula is C22H30BO4. The zero-order valence-electron chi connectivity index (χ0n) is 17.7. The topological polar surface area (TPSA) is 36.9 Å². The third kappa shape index (κ3) is 5.35. The number of hydrogen-bond acceptors (Lipinski definition) is 4. The van der Waals surface area contributed by atoms with E-state index in [1.165, 1.54) is 7.69 Å². The van der Waals surface area contributed by atoms with Crippen molar-refractivity contribution in [3.8, 4) is 23.0 Å². The van der Waals surface area contributed by atoms with Gasteiger partial charge in [0.1, 0.15) is 11.5 Å². The molecule has 0 atom stereocenters. The second-order valence-electron chi connectivity index (χ2n) is 8.56. The second-order valence-corrected chi connectivity index (χ2v) is 8.56. The summed E-state index contributed by atoms with van der Waals surface area (Å²) in [6.45, 7) is 12.9. The Bertz CT molecular complexity index is 707. The highest BCUT2D eigenvalue weighted by Crippen LogP contribution is 2.35. The van der Waals surface area contributed by atoms with Crippen molar-refractivity contribution in [1.29, 1.82) is 0 Å². The summed E-state index contributed by atoms with van der Waals surface area (Å²) in [5.41, 5.74) is 2.32. The van der Waals surface area contributed by atoms with E-state index >= 15 is 0 Å². The first-order chi connectivity index (χ1) is 12.6. The summed E-state index contributed by atoms with van der Waals surface area (Å²) < 4.78 is 22.3. The molecule has 0 heterocycles. The Labute approximate surface area is 164 Å². The maximum absolute atomic E-state index is 5.77. The quantitative estimate of drug-likeness (QED) is 0.649. The fraction of sp³-hybridized carbons (Fsp3) is 0.455. The van der Waals surface area contributed by atoms with Gasteiger partial charge in [-0.25, -0.2) is 0 Å². The summed E-state index contributed by atoms with van der Waals surface area (Å²) in [7, 11) is 4.56. The fourth-order valence-electron chi connectivity index (χ4n) is 2.60. The fourth-order valence-corrected chi connectivity index (χ4v) is 2.60. The van der Waals surface area contributed by atoms with Gasteiger partial charge in [-0.3, -0.25) is 0 Å². The van der Waals surface area contributed by atoms with Crippen LogP contribution in [-0.2, 0) is 10.8 Å². The van der Waals surface area contributed by atoms with Gasteiger partial charge in [0.15, 0.2) is 11.5 Å². The predicted molar refractivity (Wildman–Crippen MR) is 110 cm³/mol. The van der Waals surface area contributed by atoms with Crippen molar-refractivity contribution < 1.29 is 18.8 Å². The van der Waals surface area contributed by atoms with Gasteiger partial charge in [-0.1, -0.05) is 53.7 Å². The van der Waals surface area contributed by atoms with Crippen LogP contribution in [-0.4, -0.2) is 21.9 Å². The molecule has 0 bridgehead atoms. The molecule has 0 amide bonds. The molecule has 5 heteroatoms. The summed E-state index contributed by atoms with van der Waals surface area (Å²) in [5, 5.41) is 0. The number of rotatable bonds is 6. The monoisotopic (exact) mass is 369 g/mol. The summed E-state index contributed by atoms with van der Waals surface area (Å²) in [5.74, 6) is 2.52. The van der Waals surface area contributed by atoms with Crippen LogP contribution in [0.1, 0.15) is 52.7 Å². The second kappa shape index (κ2) is 8.16. The van der Waals surface area contributed by atoms with Crippen LogP contribution in [0.25, 0.3) is 0 Å². The molecule has 2 aromatic rings. The Balaban J connectivity index is 2.19. The summed E-state index contributed by atoms with van der Waals surface area (Å²) in [4.78, 5) is 0. The molecule has 0 aliphatic carbocycles. The summed E-state index contributed by atoms with van der Waals surface area (Å²) >= 11 is 0. The van der Waals surface area contributed by atoms with Gasteiger partial charge >= 0.3 is 7.69 Å². The van der Waals surface area contributed by atoms with Crippen LogP contribution in [0, 0.1) is 0 Å². The van der Waals surface area contributed by atoms with Crippen LogP contribution in [0.15, 0.2) is 36.4 Å². The Kier molecular flexibility index (Phi) is 6.35. The highest BCUT2D eigenvalue weighted by atomic mass is 16.6. The lowest BCUT2D eigenvalue weighted by Gasteiger charge is -2.22. The molecule has 0 N–H and O–H groups in total. The molecule has 0 fully saturated rings. The van der Waals surface area contributed by atoms with E-state index in [0.29, 0.717) is 23.0 Å². The summed E-state index contributed by atoms with van der Waals surface area (Å²) in [6, 6.07) is 11.9. The third-order valence-electron chi connectivity index (χ3n) is 4.41. The largest absolute Gasteiger partial charge is 0.658 e. The van der Waals surface area contributed by atoms with E-state index in [2.05, 4.69) is 41.5 Å². The van der Waals surface area contributed by atoms with Crippen LogP contribution in [0.2, 0.25) is 0 Å². The molecule has 4 nitrogen and oxygen atoms in total. The van der Waals surface area contributed by atoms with Gasteiger partial charge in [0.25, 0.3) is 0 Å². The molecule has 0 aliphatic heterocycles. The molecule has 27 heavy (non-hydrogen) atoms. The lowest BCUT2D eigenvalue weighted by molar-refractivity contribution is 0.368. The van der Waals surface area contributed by atoms with Crippen molar-refractivity contribution >= 4 is 7.69 Å². The van der Waals surface area contributed by atoms with E-state index < -0.39 is 0 Å². The van der Waals surface area contributed by atoms with E-state index in [4.69, 9.17) is 18.8 Å². The Hall–Kier alpha value is -2.30. The van der Waals surface area contributed by atoms with E-state index in [9.17, 15) is 0 Å². The number of ether oxygens (including phenoxy) is 2. The first-order valence-electron chi connectivity index (χ1n) is 9.08.